The lowest BCUT2D eigenvalue weighted by molar-refractivity contribution is -0.140. The second kappa shape index (κ2) is 14.1. The fourth-order valence-electron chi connectivity index (χ4n) is 4.33. The fraction of sp³-hybridized carbons (Fsp3) is 0.355. The van der Waals surface area contributed by atoms with E-state index in [-0.39, 0.29) is 35.5 Å². The molecule has 0 bridgehead atoms. The molecule has 10 heteroatoms. The highest BCUT2D eigenvalue weighted by atomic mass is 32.2. The van der Waals surface area contributed by atoms with Crippen molar-refractivity contribution in [1.29, 1.82) is 0 Å². The van der Waals surface area contributed by atoms with Crippen LogP contribution < -0.4 is 14.4 Å². The monoisotopic (exact) mass is 583 g/mol. The fourth-order valence-corrected chi connectivity index (χ4v) is 5.75. The minimum absolute atomic E-state index is 0.0121. The normalized spacial score (nSPS) is 12.7. The molecule has 2 atom stereocenters. The van der Waals surface area contributed by atoms with Gasteiger partial charge in [-0.25, -0.2) is 12.8 Å². The highest BCUT2D eigenvalue weighted by molar-refractivity contribution is 7.92. The molecule has 3 rings (SSSR count). The number of ether oxygens (including phenoxy) is 1. The smallest absolute Gasteiger partial charge is 0.264 e. The molecule has 0 aliphatic heterocycles. The molecule has 0 aromatic heterocycles. The lowest BCUT2D eigenvalue weighted by Crippen LogP contribution is -2.53. The summed E-state index contributed by atoms with van der Waals surface area (Å²) < 4.78 is 48.8. The minimum Gasteiger partial charge on any atom is -0.497 e. The van der Waals surface area contributed by atoms with Gasteiger partial charge in [0.2, 0.25) is 11.8 Å². The Kier molecular flexibility index (Phi) is 10.9. The van der Waals surface area contributed by atoms with Crippen LogP contribution in [0.25, 0.3) is 0 Å². The molecule has 8 nitrogen and oxygen atoms in total. The lowest BCUT2D eigenvalue weighted by Gasteiger charge is -2.33. The molecule has 0 saturated carbocycles. The van der Waals surface area contributed by atoms with E-state index in [9.17, 15) is 18.0 Å². The highest BCUT2D eigenvalue weighted by Crippen LogP contribution is 2.27. The average Bonchev–Trinajstić information content (AvgIpc) is 2.96. The second-order valence-corrected chi connectivity index (χ2v) is 11.8. The summed E-state index contributed by atoms with van der Waals surface area (Å²) in [6.45, 7) is 6.71. The Balaban J connectivity index is 2.08. The summed E-state index contributed by atoms with van der Waals surface area (Å²) in [4.78, 5) is 28.7. The number of rotatable bonds is 13. The first-order valence-electron chi connectivity index (χ1n) is 13.6. The first-order chi connectivity index (χ1) is 19.5. The molecular weight excluding hydrogens is 545 g/mol. The number of hydrogen-bond acceptors (Lipinski definition) is 5. The van der Waals surface area contributed by atoms with E-state index >= 15 is 4.39 Å². The van der Waals surface area contributed by atoms with Crippen LogP contribution in [0.15, 0.2) is 77.7 Å². The zero-order valence-electron chi connectivity index (χ0n) is 24.1. The quantitative estimate of drug-likeness (QED) is 0.304. The molecule has 3 aromatic rings. The van der Waals surface area contributed by atoms with Crippen LogP contribution in [0.2, 0.25) is 0 Å². The third-order valence-electron chi connectivity index (χ3n) is 6.88. The van der Waals surface area contributed by atoms with Crippen molar-refractivity contribution in [2.75, 3.05) is 18.0 Å². The van der Waals surface area contributed by atoms with E-state index in [1.165, 1.54) is 42.3 Å². The number of nitrogens with zero attached hydrogens (tertiary/aromatic N) is 2. The van der Waals surface area contributed by atoms with Gasteiger partial charge in [-0.15, -0.1) is 0 Å². The Hall–Kier alpha value is -3.92. The molecule has 0 spiro atoms. The number of sulfonamides is 1. The predicted octanol–water partition coefficient (Wildman–Crippen LogP) is 5.06. The zero-order chi connectivity index (χ0) is 30.2. The Morgan fingerprint density at radius 3 is 2.27 bits per heavy atom. The number of halogens is 1. The van der Waals surface area contributed by atoms with E-state index in [4.69, 9.17) is 4.74 Å². The maximum Gasteiger partial charge on any atom is 0.264 e. The topological polar surface area (TPSA) is 96.0 Å². The molecule has 0 saturated heterocycles. The number of amides is 2. The maximum absolute atomic E-state index is 15.1. The summed E-state index contributed by atoms with van der Waals surface area (Å²) in [5, 5.41) is 2.93. The van der Waals surface area contributed by atoms with E-state index in [2.05, 4.69) is 5.32 Å². The molecule has 0 heterocycles. The number of carbonyl (C=O) groups excluding carboxylic acids is 2. The Morgan fingerprint density at radius 1 is 0.976 bits per heavy atom. The number of anilines is 1. The second-order valence-electron chi connectivity index (χ2n) is 9.89. The van der Waals surface area contributed by atoms with Gasteiger partial charge < -0.3 is 15.0 Å². The summed E-state index contributed by atoms with van der Waals surface area (Å²) in [5.74, 6) is -1.23. The molecule has 41 heavy (non-hydrogen) atoms. The Bertz CT molecular complexity index is 1450. The number of hydrogen-bond donors (Lipinski definition) is 1. The van der Waals surface area contributed by atoms with Crippen LogP contribution >= 0.6 is 0 Å². The number of benzene rings is 3. The summed E-state index contributed by atoms with van der Waals surface area (Å²) in [5.41, 5.74) is 1.27. The number of para-hydroxylation sites is 1. The molecule has 0 fully saturated rings. The maximum atomic E-state index is 15.1. The van der Waals surface area contributed by atoms with Crippen molar-refractivity contribution in [2.45, 2.75) is 64.1 Å². The third kappa shape index (κ3) is 7.85. The van der Waals surface area contributed by atoms with Crippen molar-refractivity contribution in [1.82, 2.24) is 10.2 Å². The Labute approximate surface area is 242 Å². The molecule has 1 N–H and O–H groups in total. The van der Waals surface area contributed by atoms with Crippen molar-refractivity contribution < 1.29 is 27.1 Å². The first kappa shape index (κ1) is 31.6. The molecule has 0 aliphatic carbocycles. The van der Waals surface area contributed by atoms with Crippen molar-refractivity contribution in [2.24, 2.45) is 0 Å². The zero-order valence-corrected chi connectivity index (χ0v) is 24.9. The molecule has 220 valence electrons. The van der Waals surface area contributed by atoms with Gasteiger partial charge in [0.05, 0.1) is 17.7 Å². The van der Waals surface area contributed by atoms with Gasteiger partial charge in [-0.3, -0.25) is 13.9 Å². The van der Waals surface area contributed by atoms with Crippen LogP contribution in [0.5, 0.6) is 5.75 Å². The summed E-state index contributed by atoms with van der Waals surface area (Å²) in [7, 11) is -2.83. The van der Waals surface area contributed by atoms with E-state index in [1.807, 2.05) is 20.8 Å². The molecule has 3 aromatic carbocycles. The van der Waals surface area contributed by atoms with E-state index < -0.39 is 34.3 Å². The van der Waals surface area contributed by atoms with Crippen LogP contribution in [0.1, 0.15) is 44.7 Å². The van der Waals surface area contributed by atoms with Crippen molar-refractivity contribution >= 4 is 27.5 Å². The SMILES string of the molecule is CC[C@H](C)NC(=O)[C@H](CC)N(Cc1cccc(OC)c1)C(=O)CN(c1ccccc1F)S(=O)(=O)c1ccc(C)cc1. The van der Waals surface area contributed by atoms with E-state index in [1.54, 1.807) is 43.3 Å². The number of nitrogens with one attached hydrogen (secondary N) is 1. The molecule has 2 amide bonds. The predicted molar refractivity (Wildman–Crippen MR) is 158 cm³/mol. The summed E-state index contributed by atoms with van der Waals surface area (Å²) in [6.07, 6.45) is 0.976. The summed E-state index contributed by atoms with van der Waals surface area (Å²) in [6, 6.07) is 17.6. The van der Waals surface area contributed by atoms with Gasteiger partial charge in [-0.05, 0) is 68.7 Å². The minimum atomic E-state index is -4.36. The van der Waals surface area contributed by atoms with Gasteiger partial charge in [0.15, 0.2) is 0 Å². The standard InChI is InChI=1S/C31H38FN3O5S/c1-6-23(4)33-31(37)28(7-2)34(20-24-11-10-12-25(19-24)40-5)30(36)21-35(29-14-9-8-13-27(29)32)41(38,39)26-17-15-22(3)16-18-26/h8-19,23,28H,6-7,20-21H2,1-5H3,(H,33,37)/t23-,28-/m0/s1. The van der Waals surface area contributed by atoms with Crippen molar-refractivity contribution in [3.63, 3.8) is 0 Å². The number of aryl methyl sites for hydroxylation is 1. The lowest BCUT2D eigenvalue weighted by atomic mass is 10.1. The van der Waals surface area contributed by atoms with Gasteiger partial charge in [0.25, 0.3) is 10.0 Å². The van der Waals surface area contributed by atoms with Gasteiger partial charge >= 0.3 is 0 Å². The first-order valence-corrected chi connectivity index (χ1v) is 15.0. The van der Waals surface area contributed by atoms with Crippen molar-refractivity contribution in [3.05, 3.63) is 89.7 Å². The molecule has 0 radical (unpaired) electrons. The van der Waals surface area contributed by atoms with Crippen LogP contribution in [0, 0.1) is 12.7 Å². The van der Waals surface area contributed by atoms with Crippen LogP contribution in [0.3, 0.4) is 0 Å². The van der Waals surface area contributed by atoms with E-state index in [0.717, 1.165) is 15.9 Å². The van der Waals surface area contributed by atoms with Gasteiger partial charge in [0.1, 0.15) is 24.2 Å². The molecule has 0 unspecified atom stereocenters. The largest absolute Gasteiger partial charge is 0.497 e. The summed E-state index contributed by atoms with van der Waals surface area (Å²) >= 11 is 0. The van der Waals surface area contributed by atoms with Crippen molar-refractivity contribution in [3.8, 4) is 5.75 Å². The molecule has 0 aliphatic rings. The number of methoxy groups -OCH3 is 1. The van der Waals surface area contributed by atoms with Gasteiger partial charge in [-0.2, -0.15) is 0 Å². The highest BCUT2D eigenvalue weighted by Gasteiger charge is 2.34. The van der Waals surface area contributed by atoms with E-state index in [0.29, 0.717) is 17.7 Å². The third-order valence-corrected chi connectivity index (χ3v) is 8.66. The number of carbonyl (C=O) groups is 2. The van der Waals surface area contributed by atoms with Gasteiger partial charge in [0, 0.05) is 12.6 Å². The van der Waals surface area contributed by atoms with Crippen LogP contribution in [-0.4, -0.2) is 50.9 Å². The van der Waals surface area contributed by atoms with Crippen LogP contribution in [-0.2, 0) is 26.2 Å². The molecular formula is C31H38FN3O5S. The van der Waals surface area contributed by atoms with Crippen LogP contribution in [0.4, 0.5) is 10.1 Å². The average molecular weight is 584 g/mol. The van der Waals surface area contributed by atoms with Gasteiger partial charge in [-0.1, -0.05) is 55.8 Å². The Morgan fingerprint density at radius 2 is 1.66 bits per heavy atom.